The van der Waals surface area contributed by atoms with E-state index in [-0.39, 0.29) is 6.54 Å². The summed E-state index contributed by atoms with van der Waals surface area (Å²) >= 11 is 3.47. The van der Waals surface area contributed by atoms with Gasteiger partial charge in [-0.1, -0.05) is 19.4 Å². The Morgan fingerprint density at radius 1 is 1.53 bits per heavy atom. The lowest BCUT2D eigenvalue weighted by atomic mass is 10.2. The molecule has 0 saturated carbocycles. The zero-order valence-electron chi connectivity index (χ0n) is 10.5. The van der Waals surface area contributed by atoms with Crippen LogP contribution in [0.1, 0.15) is 19.0 Å². The number of halogens is 1. The maximum Gasteiger partial charge on any atom is 0.262 e. The molecule has 0 fully saturated rings. The standard InChI is InChI=1S/C12H15BrN4O2/c1-2-4-8-12(14-7-11(18)16-19)17-9(13)5-3-6-10(17)15-8/h3,5-6,14,19H,2,4,7H2,1H3,(H,16,18). The fourth-order valence-electron chi connectivity index (χ4n) is 1.90. The van der Waals surface area contributed by atoms with Crippen molar-refractivity contribution in [2.45, 2.75) is 19.8 Å². The smallest absolute Gasteiger partial charge is 0.262 e. The van der Waals surface area contributed by atoms with Gasteiger partial charge >= 0.3 is 0 Å². The molecule has 0 radical (unpaired) electrons. The van der Waals surface area contributed by atoms with Crippen molar-refractivity contribution in [3.05, 3.63) is 28.5 Å². The van der Waals surface area contributed by atoms with Crippen LogP contribution in [-0.2, 0) is 11.2 Å². The average Bonchev–Trinajstić information content (AvgIpc) is 2.75. The third kappa shape index (κ3) is 2.87. The second-order valence-electron chi connectivity index (χ2n) is 4.09. The van der Waals surface area contributed by atoms with Crippen molar-refractivity contribution in [2.24, 2.45) is 0 Å². The van der Waals surface area contributed by atoms with Crippen LogP contribution in [0, 0.1) is 0 Å². The number of aromatic nitrogens is 2. The van der Waals surface area contributed by atoms with E-state index in [2.05, 4.69) is 33.2 Å². The molecule has 19 heavy (non-hydrogen) atoms. The number of rotatable bonds is 5. The molecule has 0 aromatic carbocycles. The predicted octanol–water partition coefficient (Wildman–Crippen LogP) is 1.97. The SMILES string of the molecule is CCCc1nc2cccc(Br)n2c1NCC(=O)NO. The highest BCUT2D eigenvalue weighted by Crippen LogP contribution is 2.24. The van der Waals surface area contributed by atoms with Crippen LogP contribution in [0.2, 0.25) is 0 Å². The number of carbonyl (C=O) groups excluding carboxylic acids is 1. The highest BCUT2D eigenvalue weighted by atomic mass is 79.9. The van der Waals surface area contributed by atoms with Gasteiger partial charge in [0.2, 0.25) is 0 Å². The molecule has 0 aliphatic carbocycles. The van der Waals surface area contributed by atoms with Gasteiger partial charge in [-0.05, 0) is 34.5 Å². The molecule has 0 saturated heterocycles. The summed E-state index contributed by atoms with van der Waals surface area (Å²) in [4.78, 5) is 15.7. The minimum atomic E-state index is -0.496. The fraction of sp³-hybridized carbons (Fsp3) is 0.333. The first kappa shape index (κ1) is 13.8. The van der Waals surface area contributed by atoms with E-state index in [1.54, 1.807) is 5.48 Å². The minimum Gasteiger partial charge on any atom is -0.360 e. The van der Waals surface area contributed by atoms with Crippen molar-refractivity contribution in [3.63, 3.8) is 0 Å². The number of nitrogens with zero attached hydrogens (tertiary/aromatic N) is 2. The molecular formula is C12H15BrN4O2. The fourth-order valence-corrected chi connectivity index (χ4v) is 2.41. The Bertz CT molecular complexity index is 597. The number of anilines is 1. The van der Waals surface area contributed by atoms with Crippen LogP contribution in [-0.4, -0.2) is 27.0 Å². The molecule has 6 nitrogen and oxygen atoms in total. The summed E-state index contributed by atoms with van der Waals surface area (Å²) in [5, 5.41) is 11.5. The molecule has 0 aliphatic rings. The molecule has 0 unspecified atom stereocenters. The van der Waals surface area contributed by atoms with Gasteiger partial charge in [0.05, 0.1) is 16.8 Å². The lowest BCUT2D eigenvalue weighted by molar-refractivity contribution is -0.127. The van der Waals surface area contributed by atoms with Crippen LogP contribution in [0.5, 0.6) is 0 Å². The number of nitrogens with one attached hydrogen (secondary N) is 2. The van der Waals surface area contributed by atoms with Gasteiger partial charge in [0.1, 0.15) is 11.5 Å². The zero-order valence-corrected chi connectivity index (χ0v) is 12.1. The van der Waals surface area contributed by atoms with Crippen LogP contribution in [0.25, 0.3) is 5.65 Å². The molecule has 2 aromatic heterocycles. The van der Waals surface area contributed by atoms with Gasteiger partial charge in [-0.3, -0.25) is 14.4 Å². The summed E-state index contributed by atoms with van der Waals surface area (Å²) < 4.78 is 2.75. The number of amides is 1. The molecule has 0 spiro atoms. The number of fused-ring (bicyclic) bond motifs is 1. The second kappa shape index (κ2) is 6.03. The summed E-state index contributed by atoms with van der Waals surface area (Å²) in [6.07, 6.45) is 1.78. The second-order valence-corrected chi connectivity index (χ2v) is 4.90. The van der Waals surface area contributed by atoms with Crippen molar-refractivity contribution in [3.8, 4) is 0 Å². The summed E-state index contributed by atoms with van der Waals surface area (Å²) in [6.45, 7) is 2.06. The molecule has 0 bridgehead atoms. The van der Waals surface area contributed by atoms with Gasteiger partial charge < -0.3 is 5.32 Å². The topological polar surface area (TPSA) is 78.7 Å². The number of hydroxylamine groups is 1. The number of aryl methyl sites for hydroxylation is 1. The molecule has 0 atom stereocenters. The molecule has 102 valence electrons. The number of carbonyl (C=O) groups is 1. The molecule has 3 N–H and O–H groups in total. The quantitative estimate of drug-likeness (QED) is 0.446. The van der Waals surface area contributed by atoms with Crippen molar-refractivity contribution >= 4 is 33.3 Å². The van der Waals surface area contributed by atoms with Crippen LogP contribution in [0.15, 0.2) is 22.8 Å². The lowest BCUT2D eigenvalue weighted by Crippen LogP contribution is -2.27. The zero-order chi connectivity index (χ0) is 13.8. The minimum absolute atomic E-state index is 0.0116. The molecule has 1 amide bonds. The summed E-state index contributed by atoms with van der Waals surface area (Å²) in [5.41, 5.74) is 3.31. The first-order valence-corrected chi connectivity index (χ1v) is 6.79. The Labute approximate surface area is 118 Å². The molecule has 2 heterocycles. The largest absolute Gasteiger partial charge is 0.360 e. The summed E-state index contributed by atoms with van der Waals surface area (Å²) in [6, 6.07) is 5.72. The van der Waals surface area contributed by atoms with E-state index in [0.717, 1.165) is 34.6 Å². The number of hydrogen-bond donors (Lipinski definition) is 3. The van der Waals surface area contributed by atoms with Crippen LogP contribution in [0.4, 0.5) is 5.82 Å². The normalized spacial score (nSPS) is 10.7. The Morgan fingerprint density at radius 3 is 3.00 bits per heavy atom. The van der Waals surface area contributed by atoms with Crippen molar-refractivity contribution in [2.75, 3.05) is 11.9 Å². The molecule has 2 rings (SSSR count). The number of hydrogen-bond acceptors (Lipinski definition) is 4. The molecule has 0 aliphatic heterocycles. The summed E-state index contributed by atoms with van der Waals surface area (Å²) in [5.74, 6) is 0.275. The number of imidazole rings is 1. The number of pyridine rings is 1. The monoisotopic (exact) mass is 326 g/mol. The van der Waals surface area contributed by atoms with E-state index in [4.69, 9.17) is 5.21 Å². The van der Waals surface area contributed by atoms with E-state index in [1.165, 1.54) is 0 Å². The van der Waals surface area contributed by atoms with Gasteiger partial charge in [0.25, 0.3) is 5.91 Å². The lowest BCUT2D eigenvalue weighted by Gasteiger charge is -2.08. The molecule has 2 aromatic rings. The van der Waals surface area contributed by atoms with Crippen molar-refractivity contribution < 1.29 is 10.0 Å². The summed E-state index contributed by atoms with van der Waals surface area (Å²) in [7, 11) is 0. The Morgan fingerprint density at radius 2 is 2.32 bits per heavy atom. The van der Waals surface area contributed by atoms with Gasteiger partial charge in [0, 0.05) is 0 Å². The van der Waals surface area contributed by atoms with E-state index in [0.29, 0.717) is 0 Å². The van der Waals surface area contributed by atoms with Crippen LogP contribution < -0.4 is 10.8 Å². The van der Waals surface area contributed by atoms with Gasteiger partial charge in [0.15, 0.2) is 0 Å². The molecular weight excluding hydrogens is 312 g/mol. The van der Waals surface area contributed by atoms with Crippen LogP contribution in [0.3, 0.4) is 0 Å². The van der Waals surface area contributed by atoms with E-state index in [9.17, 15) is 4.79 Å². The Hall–Kier alpha value is -1.60. The molecule has 7 heteroatoms. The van der Waals surface area contributed by atoms with Gasteiger partial charge in [-0.15, -0.1) is 0 Å². The van der Waals surface area contributed by atoms with E-state index in [1.807, 2.05) is 22.6 Å². The van der Waals surface area contributed by atoms with Gasteiger partial charge in [-0.2, -0.15) is 0 Å². The Kier molecular flexibility index (Phi) is 4.39. The first-order chi connectivity index (χ1) is 9.17. The third-order valence-electron chi connectivity index (χ3n) is 2.70. The van der Waals surface area contributed by atoms with E-state index >= 15 is 0 Å². The third-order valence-corrected chi connectivity index (χ3v) is 3.32. The van der Waals surface area contributed by atoms with Crippen molar-refractivity contribution in [1.29, 1.82) is 0 Å². The highest BCUT2D eigenvalue weighted by molar-refractivity contribution is 9.10. The average molecular weight is 327 g/mol. The van der Waals surface area contributed by atoms with Crippen LogP contribution >= 0.6 is 15.9 Å². The Balaban J connectivity index is 2.42. The van der Waals surface area contributed by atoms with E-state index < -0.39 is 5.91 Å². The highest BCUT2D eigenvalue weighted by Gasteiger charge is 2.14. The maximum atomic E-state index is 11.1. The first-order valence-electron chi connectivity index (χ1n) is 6.00. The van der Waals surface area contributed by atoms with Crippen molar-refractivity contribution in [1.82, 2.24) is 14.9 Å². The van der Waals surface area contributed by atoms with Gasteiger partial charge in [-0.25, -0.2) is 10.5 Å². The predicted molar refractivity (Wildman–Crippen MR) is 75.3 cm³/mol. The maximum absolute atomic E-state index is 11.1.